The van der Waals surface area contributed by atoms with E-state index in [0.29, 0.717) is 18.5 Å². The fraction of sp³-hybridized carbons (Fsp3) is 0.700. The van der Waals surface area contributed by atoms with Crippen LogP contribution in [0.15, 0.2) is 6.20 Å². The molecule has 1 N–H and O–H groups in total. The van der Waals surface area contributed by atoms with Gasteiger partial charge in [-0.2, -0.15) is 5.10 Å². The van der Waals surface area contributed by atoms with Crippen LogP contribution in [-0.2, 0) is 13.5 Å². The van der Waals surface area contributed by atoms with Crippen LogP contribution >= 0.6 is 0 Å². The van der Waals surface area contributed by atoms with Crippen LogP contribution in [-0.4, -0.2) is 22.8 Å². The van der Waals surface area contributed by atoms with Gasteiger partial charge in [0.15, 0.2) is 0 Å². The van der Waals surface area contributed by atoms with Gasteiger partial charge in [0.1, 0.15) is 0 Å². The van der Waals surface area contributed by atoms with Crippen LogP contribution in [0.4, 0.5) is 8.78 Å². The molecule has 3 nitrogen and oxygen atoms in total. The lowest BCUT2D eigenvalue weighted by atomic mass is 10.1. The summed E-state index contributed by atoms with van der Waals surface area (Å²) in [6.07, 6.45) is -0.0669. The van der Waals surface area contributed by atoms with E-state index in [0.717, 1.165) is 5.69 Å². The van der Waals surface area contributed by atoms with Gasteiger partial charge in [-0.15, -0.1) is 0 Å². The van der Waals surface area contributed by atoms with Crippen LogP contribution in [0.5, 0.6) is 0 Å². The molecule has 0 aromatic carbocycles. The Morgan fingerprint density at radius 2 is 2.13 bits per heavy atom. The molecule has 1 atom stereocenters. The molecule has 0 spiro atoms. The molecule has 86 valence electrons. The number of aryl methyl sites for hydroxylation is 2. The predicted octanol–water partition coefficient (Wildman–Crippen LogP) is 1.90. The topological polar surface area (TPSA) is 29.9 Å². The first-order chi connectivity index (χ1) is 7.10. The lowest BCUT2D eigenvalue weighted by Gasteiger charge is -2.16. The lowest BCUT2D eigenvalue weighted by molar-refractivity contribution is 0.0989. The first kappa shape index (κ1) is 12.1. The smallest absolute Gasteiger partial charge is 0.257 e. The van der Waals surface area contributed by atoms with Gasteiger partial charge < -0.3 is 5.32 Å². The third-order valence-corrected chi connectivity index (χ3v) is 2.28. The van der Waals surface area contributed by atoms with Gasteiger partial charge in [-0.1, -0.05) is 13.8 Å². The zero-order valence-electron chi connectivity index (χ0n) is 9.30. The van der Waals surface area contributed by atoms with Gasteiger partial charge in [0, 0.05) is 18.8 Å². The number of nitrogens with zero attached hydrogens (tertiary/aromatic N) is 2. The van der Waals surface area contributed by atoms with Gasteiger partial charge in [-0.25, -0.2) is 8.78 Å². The molecule has 0 saturated heterocycles. The summed E-state index contributed by atoms with van der Waals surface area (Å²) in [5.74, 6) is 0. The summed E-state index contributed by atoms with van der Waals surface area (Å²) in [4.78, 5) is 0. The first-order valence-electron chi connectivity index (χ1n) is 5.14. The van der Waals surface area contributed by atoms with Crippen molar-refractivity contribution in [1.82, 2.24) is 15.1 Å². The quantitative estimate of drug-likeness (QED) is 0.816. The van der Waals surface area contributed by atoms with E-state index in [9.17, 15) is 8.78 Å². The van der Waals surface area contributed by atoms with E-state index in [-0.39, 0.29) is 0 Å². The zero-order chi connectivity index (χ0) is 11.4. The highest BCUT2D eigenvalue weighted by molar-refractivity contribution is 5.22. The van der Waals surface area contributed by atoms with E-state index in [1.54, 1.807) is 17.9 Å². The second kappa shape index (κ2) is 5.21. The Kier molecular flexibility index (Phi) is 4.20. The van der Waals surface area contributed by atoms with Gasteiger partial charge >= 0.3 is 0 Å². The molecule has 15 heavy (non-hydrogen) atoms. The zero-order valence-corrected chi connectivity index (χ0v) is 9.30. The fourth-order valence-corrected chi connectivity index (χ4v) is 1.64. The molecule has 1 aromatic heterocycles. The molecule has 1 aromatic rings. The Labute approximate surface area is 88.5 Å². The minimum atomic E-state index is -2.40. The van der Waals surface area contributed by atoms with Crippen LogP contribution in [0, 0.1) is 0 Å². The van der Waals surface area contributed by atoms with Crippen molar-refractivity contribution in [1.29, 1.82) is 0 Å². The predicted molar refractivity (Wildman–Crippen MR) is 55.0 cm³/mol. The third-order valence-electron chi connectivity index (χ3n) is 2.28. The van der Waals surface area contributed by atoms with E-state index >= 15 is 0 Å². The van der Waals surface area contributed by atoms with Crippen LogP contribution in [0.1, 0.15) is 31.1 Å². The van der Waals surface area contributed by atoms with E-state index in [1.807, 2.05) is 13.8 Å². The summed E-state index contributed by atoms with van der Waals surface area (Å²) < 4.78 is 27.2. The van der Waals surface area contributed by atoms with E-state index in [1.165, 1.54) is 0 Å². The van der Waals surface area contributed by atoms with Crippen molar-refractivity contribution >= 4 is 0 Å². The van der Waals surface area contributed by atoms with Gasteiger partial charge in [-0.05, 0) is 13.0 Å². The van der Waals surface area contributed by atoms with Crippen molar-refractivity contribution in [3.8, 4) is 0 Å². The summed E-state index contributed by atoms with van der Waals surface area (Å²) in [7, 11) is 1.75. The van der Waals surface area contributed by atoms with Crippen molar-refractivity contribution in [2.45, 2.75) is 32.7 Å². The Bertz CT molecular complexity index is 310. The van der Waals surface area contributed by atoms with Crippen molar-refractivity contribution in [3.05, 3.63) is 17.5 Å². The van der Waals surface area contributed by atoms with Gasteiger partial charge in [0.25, 0.3) is 6.43 Å². The first-order valence-corrected chi connectivity index (χ1v) is 5.14. The second-order valence-electron chi connectivity index (χ2n) is 3.43. The lowest BCUT2D eigenvalue weighted by Crippen LogP contribution is -2.27. The molecule has 0 radical (unpaired) electrons. The Hall–Kier alpha value is -0.970. The number of hydrogen-bond donors (Lipinski definition) is 1. The molecule has 0 amide bonds. The van der Waals surface area contributed by atoms with Crippen LogP contribution in [0.25, 0.3) is 0 Å². The molecular formula is C10H17F2N3. The summed E-state index contributed by atoms with van der Waals surface area (Å²) in [5, 5.41) is 6.94. The number of halogens is 2. The minimum Gasteiger partial charge on any atom is -0.305 e. The number of alkyl halides is 2. The Morgan fingerprint density at radius 1 is 1.47 bits per heavy atom. The van der Waals surface area contributed by atoms with Crippen molar-refractivity contribution in [2.75, 3.05) is 6.54 Å². The van der Waals surface area contributed by atoms with Gasteiger partial charge in [0.05, 0.1) is 11.7 Å². The molecule has 0 fully saturated rings. The van der Waals surface area contributed by atoms with Gasteiger partial charge in [-0.3, -0.25) is 4.68 Å². The maximum Gasteiger partial charge on any atom is 0.257 e. The third kappa shape index (κ3) is 2.75. The Balaban J connectivity index is 2.98. The highest BCUT2D eigenvalue weighted by atomic mass is 19.3. The number of nitrogens with one attached hydrogen (secondary N) is 1. The monoisotopic (exact) mass is 217 g/mol. The highest BCUT2D eigenvalue weighted by Gasteiger charge is 2.25. The molecule has 1 unspecified atom stereocenters. The van der Waals surface area contributed by atoms with Crippen LogP contribution in [0.3, 0.4) is 0 Å². The molecule has 1 heterocycles. The molecule has 0 aliphatic rings. The second-order valence-corrected chi connectivity index (χ2v) is 3.43. The SMILES string of the molecule is CCNC(c1cn(C)nc1CC)C(F)F. The molecule has 1 rings (SSSR count). The summed E-state index contributed by atoms with van der Waals surface area (Å²) in [5.41, 5.74) is 1.35. The Morgan fingerprint density at radius 3 is 2.60 bits per heavy atom. The van der Waals surface area contributed by atoms with Crippen molar-refractivity contribution in [3.63, 3.8) is 0 Å². The standard InChI is InChI=1S/C10H17F2N3/c1-4-8-7(6-15(3)14-8)9(10(11)12)13-5-2/h6,9-10,13H,4-5H2,1-3H3. The normalized spacial score (nSPS) is 13.5. The van der Waals surface area contributed by atoms with Crippen LogP contribution < -0.4 is 5.32 Å². The minimum absolute atomic E-state index is 0.521. The fourth-order valence-electron chi connectivity index (χ4n) is 1.64. The number of aromatic nitrogens is 2. The maximum atomic E-state index is 12.8. The summed E-state index contributed by atoms with van der Waals surface area (Å²) in [6.45, 7) is 4.25. The highest BCUT2D eigenvalue weighted by Crippen LogP contribution is 2.23. The summed E-state index contributed by atoms with van der Waals surface area (Å²) in [6, 6.07) is -0.904. The average molecular weight is 217 g/mol. The molecule has 5 heteroatoms. The molecule has 0 saturated carbocycles. The molecular weight excluding hydrogens is 200 g/mol. The average Bonchev–Trinajstić information content (AvgIpc) is 2.55. The van der Waals surface area contributed by atoms with E-state index in [2.05, 4.69) is 10.4 Å². The van der Waals surface area contributed by atoms with Crippen molar-refractivity contribution in [2.24, 2.45) is 7.05 Å². The van der Waals surface area contributed by atoms with E-state index in [4.69, 9.17) is 0 Å². The number of hydrogen-bond acceptors (Lipinski definition) is 2. The van der Waals surface area contributed by atoms with Crippen LogP contribution in [0.2, 0.25) is 0 Å². The van der Waals surface area contributed by atoms with Gasteiger partial charge in [0.2, 0.25) is 0 Å². The largest absolute Gasteiger partial charge is 0.305 e. The van der Waals surface area contributed by atoms with Crippen molar-refractivity contribution < 1.29 is 8.78 Å². The molecule has 0 aliphatic carbocycles. The summed E-state index contributed by atoms with van der Waals surface area (Å²) >= 11 is 0. The van der Waals surface area contributed by atoms with E-state index < -0.39 is 12.5 Å². The molecule has 0 bridgehead atoms. The molecule has 0 aliphatic heterocycles. The number of rotatable bonds is 5. The maximum absolute atomic E-state index is 12.8.